The minimum Gasteiger partial charge on any atom is -0.339 e. The molecule has 4 nitrogen and oxygen atoms in total. The minimum absolute atomic E-state index is 0.212. The average Bonchev–Trinajstić information content (AvgIpc) is 2.79. The summed E-state index contributed by atoms with van der Waals surface area (Å²) in [4.78, 5) is 20.6. The minimum atomic E-state index is 0.212. The first-order valence-corrected chi connectivity index (χ1v) is 13.0. The predicted molar refractivity (Wildman–Crippen MR) is 140 cm³/mol. The molecule has 2 aromatic rings. The number of nitrogens with zero attached hydrogens (tertiary/aromatic N) is 3. The van der Waals surface area contributed by atoms with Crippen molar-refractivity contribution in [1.82, 2.24) is 14.7 Å². The van der Waals surface area contributed by atoms with Gasteiger partial charge in [0.25, 0.3) is 5.91 Å². The van der Waals surface area contributed by atoms with Gasteiger partial charge in [-0.2, -0.15) is 0 Å². The third-order valence-electron chi connectivity index (χ3n) is 7.52. The Balaban J connectivity index is 1.32. The number of hydrogen-bond acceptors (Lipinski definition) is 3. The van der Waals surface area contributed by atoms with E-state index in [-0.39, 0.29) is 5.91 Å². The summed E-state index contributed by atoms with van der Waals surface area (Å²) in [5.41, 5.74) is 4.48. The van der Waals surface area contributed by atoms with Gasteiger partial charge in [-0.25, -0.2) is 0 Å². The Morgan fingerprint density at radius 1 is 0.969 bits per heavy atom. The van der Waals surface area contributed by atoms with Crippen LogP contribution in [0.4, 0.5) is 0 Å². The number of carbonyl (C=O) groups excluding carboxylic acids is 1. The fourth-order valence-electron chi connectivity index (χ4n) is 5.58. The molecule has 2 aliphatic heterocycles. The summed E-state index contributed by atoms with van der Waals surface area (Å²) in [5, 5.41) is 0. The molecule has 0 radical (unpaired) electrons. The zero-order valence-corrected chi connectivity index (χ0v) is 22.0. The van der Waals surface area contributed by atoms with Crippen molar-refractivity contribution in [2.75, 3.05) is 32.7 Å². The molecule has 2 aliphatic rings. The molecule has 2 saturated heterocycles. The van der Waals surface area contributed by atoms with Gasteiger partial charge in [0.15, 0.2) is 0 Å². The summed E-state index contributed by atoms with van der Waals surface area (Å²) in [5.74, 6) is 0.212. The van der Waals surface area contributed by atoms with E-state index < -0.39 is 0 Å². The second-order valence-electron chi connectivity index (χ2n) is 9.60. The SMILES string of the molecule is Cc1cccc(C)c1C(=O)N1CCC(N2CCN(C(C)c3ccc(I)cc3)C(C)C2)CC1. The Hall–Kier alpha value is -1.44. The topological polar surface area (TPSA) is 26.8 Å². The van der Waals surface area contributed by atoms with E-state index in [1.54, 1.807) is 0 Å². The highest BCUT2D eigenvalue weighted by molar-refractivity contribution is 14.1. The van der Waals surface area contributed by atoms with Crippen LogP contribution in [0.3, 0.4) is 0 Å². The number of rotatable bonds is 4. The van der Waals surface area contributed by atoms with Gasteiger partial charge in [0.2, 0.25) is 0 Å². The van der Waals surface area contributed by atoms with Crippen molar-refractivity contribution in [2.24, 2.45) is 0 Å². The number of aryl methyl sites for hydroxylation is 2. The van der Waals surface area contributed by atoms with Gasteiger partial charge in [-0.15, -0.1) is 0 Å². The maximum atomic E-state index is 13.2. The molecule has 0 aromatic heterocycles. The zero-order chi connectivity index (χ0) is 22.8. The van der Waals surface area contributed by atoms with E-state index in [4.69, 9.17) is 0 Å². The highest BCUT2D eigenvalue weighted by Crippen LogP contribution is 2.28. The van der Waals surface area contributed by atoms with Crippen LogP contribution < -0.4 is 0 Å². The van der Waals surface area contributed by atoms with Crippen molar-refractivity contribution in [3.63, 3.8) is 0 Å². The molecular formula is C27H36IN3O. The smallest absolute Gasteiger partial charge is 0.254 e. The zero-order valence-electron chi connectivity index (χ0n) is 19.9. The number of likely N-dealkylation sites (tertiary alicyclic amines) is 1. The Labute approximate surface area is 207 Å². The van der Waals surface area contributed by atoms with E-state index in [0.717, 1.165) is 62.3 Å². The molecule has 0 saturated carbocycles. The molecule has 1 amide bonds. The van der Waals surface area contributed by atoms with Crippen LogP contribution in [-0.2, 0) is 0 Å². The van der Waals surface area contributed by atoms with Gasteiger partial charge in [0.05, 0.1) is 0 Å². The van der Waals surface area contributed by atoms with Gasteiger partial charge in [-0.05, 0) is 92.0 Å². The molecule has 172 valence electrons. The molecule has 0 bridgehead atoms. The van der Waals surface area contributed by atoms with Gasteiger partial charge in [-0.3, -0.25) is 14.6 Å². The van der Waals surface area contributed by atoms with E-state index >= 15 is 0 Å². The Kier molecular flexibility index (Phi) is 7.58. The molecule has 0 N–H and O–H groups in total. The monoisotopic (exact) mass is 545 g/mol. The fraction of sp³-hybridized carbons (Fsp3) is 0.519. The third kappa shape index (κ3) is 5.05. The van der Waals surface area contributed by atoms with E-state index in [9.17, 15) is 4.79 Å². The Morgan fingerprint density at radius 3 is 2.19 bits per heavy atom. The molecule has 4 rings (SSSR count). The van der Waals surface area contributed by atoms with E-state index in [2.05, 4.69) is 75.4 Å². The van der Waals surface area contributed by atoms with Crippen LogP contribution in [0, 0.1) is 17.4 Å². The lowest BCUT2D eigenvalue weighted by atomic mass is 9.97. The number of piperazine rings is 1. The first-order valence-electron chi connectivity index (χ1n) is 12.0. The van der Waals surface area contributed by atoms with Gasteiger partial charge in [0, 0.05) is 60.0 Å². The molecule has 5 heteroatoms. The molecule has 2 aromatic carbocycles. The molecule has 2 atom stereocenters. The lowest BCUT2D eigenvalue weighted by Gasteiger charge is -2.47. The number of carbonyl (C=O) groups is 1. The summed E-state index contributed by atoms with van der Waals surface area (Å²) in [6.07, 6.45) is 2.16. The second kappa shape index (κ2) is 10.2. The molecule has 2 heterocycles. The van der Waals surface area contributed by atoms with E-state index in [1.807, 2.05) is 32.0 Å². The van der Waals surface area contributed by atoms with Crippen molar-refractivity contribution in [3.05, 3.63) is 68.3 Å². The molecule has 0 aliphatic carbocycles. The normalized spacial score (nSPS) is 22.2. The summed E-state index contributed by atoms with van der Waals surface area (Å²) in [6.45, 7) is 13.9. The van der Waals surface area contributed by atoms with Crippen molar-refractivity contribution in [3.8, 4) is 0 Å². The Morgan fingerprint density at radius 2 is 1.59 bits per heavy atom. The summed E-state index contributed by atoms with van der Waals surface area (Å²) < 4.78 is 1.29. The van der Waals surface area contributed by atoms with Crippen LogP contribution in [-0.4, -0.2) is 65.4 Å². The number of halogens is 1. The van der Waals surface area contributed by atoms with Crippen molar-refractivity contribution in [1.29, 1.82) is 0 Å². The van der Waals surface area contributed by atoms with Crippen LogP contribution >= 0.6 is 22.6 Å². The molecular weight excluding hydrogens is 509 g/mol. The van der Waals surface area contributed by atoms with Gasteiger partial charge in [0.1, 0.15) is 0 Å². The fourth-order valence-corrected chi connectivity index (χ4v) is 5.94. The van der Waals surface area contributed by atoms with Crippen LogP contribution in [0.15, 0.2) is 42.5 Å². The lowest BCUT2D eigenvalue weighted by Crippen LogP contribution is -2.57. The van der Waals surface area contributed by atoms with Crippen molar-refractivity contribution in [2.45, 2.75) is 58.7 Å². The summed E-state index contributed by atoms with van der Waals surface area (Å²) >= 11 is 2.37. The van der Waals surface area contributed by atoms with Crippen molar-refractivity contribution >= 4 is 28.5 Å². The van der Waals surface area contributed by atoms with Crippen LogP contribution in [0.25, 0.3) is 0 Å². The average molecular weight is 546 g/mol. The van der Waals surface area contributed by atoms with E-state index in [1.165, 1.54) is 9.13 Å². The highest BCUT2D eigenvalue weighted by Gasteiger charge is 2.34. The molecule has 2 fully saturated rings. The van der Waals surface area contributed by atoms with Crippen LogP contribution in [0.2, 0.25) is 0 Å². The van der Waals surface area contributed by atoms with Crippen molar-refractivity contribution < 1.29 is 4.79 Å². The van der Waals surface area contributed by atoms with E-state index in [0.29, 0.717) is 18.1 Å². The maximum Gasteiger partial charge on any atom is 0.254 e. The van der Waals surface area contributed by atoms with Crippen LogP contribution in [0.5, 0.6) is 0 Å². The van der Waals surface area contributed by atoms with Gasteiger partial charge >= 0.3 is 0 Å². The molecule has 32 heavy (non-hydrogen) atoms. The predicted octanol–water partition coefficient (Wildman–Crippen LogP) is 5.28. The second-order valence-corrected chi connectivity index (χ2v) is 10.8. The Bertz CT molecular complexity index is 916. The number of piperidine rings is 1. The summed E-state index contributed by atoms with van der Waals surface area (Å²) in [6, 6.07) is 16.7. The molecule has 0 spiro atoms. The van der Waals surface area contributed by atoms with Gasteiger partial charge in [-0.1, -0.05) is 30.3 Å². The highest BCUT2D eigenvalue weighted by atomic mass is 127. The number of amides is 1. The lowest BCUT2D eigenvalue weighted by molar-refractivity contribution is 0.0135. The largest absolute Gasteiger partial charge is 0.339 e. The molecule has 2 unspecified atom stereocenters. The standard InChI is InChI=1S/C27H36IN3O/c1-19-6-5-7-20(2)26(19)27(32)29-14-12-25(13-15-29)30-16-17-31(21(3)18-30)22(4)23-8-10-24(28)11-9-23/h5-11,21-22,25H,12-18H2,1-4H3. The van der Waals surface area contributed by atoms with Crippen LogP contribution in [0.1, 0.15) is 59.8 Å². The number of benzene rings is 2. The third-order valence-corrected chi connectivity index (χ3v) is 8.24. The maximum absolute atomic E-state index is 13.2. The first-order chi connectivity index (χ1) is 15.3. The number of hydrogen-bond donors (Lipinski definition) is 0. The van der Waals surface area contributed by atoms with Gasteiger partial charge < -0.3 is 4.90 Å². The quantitative estimate of drug-likeness (QED) is 0.490. The first kappa shape index (κ1) is 23.7. The summed E-state index contributed by atoms with van der Waals surface area (Å²) in [7, 11) is 0.